The minimum atomic E-state index is -0.314. The number of halogens is 2. The van der Waals surface area contributed by atoms with Gasteiger partial charge in [0.2, 0.25) is 0 Å². The van der Waals surface area contributed by atoms with Gasteiger partial charge in [0, 0.05) is 23.4 Å². The lowest BCUT2D eigenvalue weighted by Gasteiger charge is -2.08. The number of phenols is 1. The minimum Gasteiger partial charge on any atom is -0.508 e. The van der Waals surface area contributed by atoms with E-state index in [4.69, 9.17) is 28.9 Å². The molecule has 6 heteroatoms. The highest BCUT2D eigenvalue weighted by Gasteiger charge is 2.09. The molecule has 4 nitrogen and oxygen atoms in total. The Hall–Kier alpha value is -1.91. The maximum absolute atomic E-state index is 12.0. The van der Waals surface area contributed by atoms with E-state index < -0.39 is 0 Å². The van der Waals surface area contributed by atoms with Gasteiger partial charge >= 0.3 is 0 Å². The molecule has 2 rings (SSSR count). The molecular formula is C14H12Cl2N2O2. The Bertz CT molecular complexity index is 660. The number of nitrogen functional groups attached to an aromatic ring is 1. The van der Waals surface area contributed by atoms with Gasteiger partial charge in [0.25, 0.3) is 5.91 Å². The average molecular weight is 311 g/mol. The average Bonchev–Trinajstić information content (AvgIpc) is 2.42. The molecule has 0 unspecified atom stereocenters. The molecule has 0 aliphatic heterocycles. The molecule has 0 fully saturated rings. The molecule has 0 spiro atoms. The van der Waals surface area contributed by atoms with E-state index in [0.717, 1.165) is 0 Å². The Morgan fingerprint density at radius 2 is 1.90 bits per heavy atom. The fraction of sp³-hybridized carbons (Fsp3) is 0.0714. The number of benzene rings is 2. The maximum atomic E-state index is 12.0. The van der Waals surface area contributed by atoms with E-state index in [1.165, 1.54) is 12.1 Å². The number of hydrogen-bond acceptors (Lipinski definition) is 3. The molecule has 2 aromatic carbocycles. The van der Waals surface area contributed by atoms with Crippen LogP contribution in [-0.4, -0.2) is 11.0 Å². The van der Waals surface area contributed by atoms with Crippen molar-refractivity contribution in [3.05, 3.63) is 57.6 Å². The second-order valence-electron chi connectivity index (χ2n) is 4.20. The van der Waals surface area contributed by atoms with Gasteiger partial charge in [0.05, 0.1) is 10.0 Å². The topological polar surface area (TPSA) is 75.3 Å². The van der Waals surface area contributed by atoms with Crippen LogP contribution < -0.4 is 11.1 Å². The van der Waals surface area contributed by atoms with Gasteiger partial charge in [-0.2, -0.15) is 0 Å². The minimum absolute atomic E-state index is 0.0774. The highest BCUT2D eigenvalue weighted by molar-refractivity contribution is 6.42. The van der Waals surface area contributed by atoms with Crippen molar-refractivity contribution in [3.8, 4) is 5.75 Å². The lowest BCUT2D eigenvalue weighted by atomic mass is 10.1. The molecule has 0 bridgehead atoms. The van der Waals surface area contributed by atoms with Crippen molar-refractivity contribution < 1.29 is 9.90 Å². The van der Waals surface area contributed by atoms with Crippen LogP contribution >= 0.6 is 23.2 Å². The van der Waals surface area contributed by atoms with Crippen molar-refractivity contribution in [1.29, 1.82) is 0 Å². The molecule has 4 N–H and O–H groups in total. The molecule has 0 radical (unpaired) electrons. The zero-order chi connectivity index (χ0) is 14.7. The number of carbonyl (C=O) groups is 1. The Labute approximate surface area is 126 Å². The fourth-order valence-corrected chi connectivity index (χ4v) is 1.96. The van der Waals surface area contributed by atoms with Crippen LogP contribution in [0.2, 0.25) is 10.0 Å². The van der Waals surface area contributed by atoms with Gasteiger partial charge in [0.15, 0.2) is 0 Å². The molecule has 0 heterocycles. The number of rotatable bonds is 3. The van der Waals surface area contributed by atoms with Crippen LogP contribution in [0.5, 0.6) is 5.75 Å². The number of aromatic hydroxyl groups is 1. The largest absolute Gasteiger partial charge is 0.508 e. The molecule has 0 aliphatic rings. The highest BCUT2D eigenvalue weighted by atomic mass is 35.5. The summed E-state index contributed by atoms with van der Waals surface area (Å²) in [5.41, 5.74) is 7.07. The number of hydrogen-bond donors (Lipinski definition) is 3. The second kappa shape index (κ2) is 6.03. The van der Waals surface area contributed by atoms with Crippen molar-refractivity contribution in [2.45, 2.75) is 6.54 Å². The third-order valence-corrected chi connectivity index (χ3v) is 3.46. The fourth-order valence-electron chi connectivity index (χ4n) is 1.66. The molecule has 104 valence electrons. The van der Waals surface area contributed by atoms with Crippen molar-refractivity contribution >= 4 is 34.8 Å². The molecule has 0 saturated carbocycles. The van der Waals surface area contributed by atoms with Crippen LogP contribution in [-0.2, 0) is 6.54 Å². The third kappa shape index (κ3) is 3.35. The Balaban J connectivity index is 2.08. The van der Waals surface area contributed by atoms with Gasteiger partial charge < -0.3 is 16.2 Å². The Morgan fingerprint density at radius 1 is 1.15 bits per heavy atom. The van der Waals surface area contributed by atoms with E-state index in [2.05, 4.69) is 5.32 Å². The summed E-state index contributed by atoms with van der Waals surface area (Å²) in [6.07, 6.45) is 0. The lowest BCUT2D eigenvalue weighted by molar-refractivity contribution is 0.0951. The van der Waals surface area contributed by atoms with Crippen LogP contribution in [0.4, 0.5) is 5.69 Å². The summed E-state index contributed by atoms with van der Waals surface area (Å²) in [5.74, 6) is -0.237. The molecule has 0 aromatic heterocycles. The first-order valence-corrected chi connectivity index (χ1v) is 6.53. The zero-order valence-corrected chi connectivity index (χ0v) is 11.9. The summed E-state index contributed by atoms with van der Waals surface area (Å²) < 4.78 is 0. The number of nitrogens with one attached hydrogen (secondary N) is 1. The van der Waals surface area contributed by atoms with E-state index in [-0.39, 0.29) is 18.2 Å². The van der Waals surface area contributed by atoms with Crippen LogP contribution in [0, 0.1) is 0 Å². The number of anilines is 1. The zero-order valence-electron chi connectivity index (χ0n) is 10.4. The summed E-state index contributed by atoms with van der Waals surface area (Å²) in [5, 5.41) is 13.0. The molecule has 1 amide bonds. The van der Waals surface area contributed by atoms with Crippen molar-refractivity contribution in [2.75, 3.05) is 5.73 Å². The quantitative estimate of drug-likeness (QED) is 0.602. The van der Waals surface area contributed by atoms with Crippen LogP contribution in [0.15, 0.2) is 36.4 Å². The smallest absolute Gasteiger partial charge is 0.251 e. The Morgan fingerprint density at radius 3 is 2.60 bits per heavy atom. The molecule has 2 aromatic rings. The number of phenolic OH excluding ortho intramolecular Hbond substituents is 1. The number of amides is 1. The summed E-state index contributed by atoms with van der Waals surface area (Å²) in [7, 11) is 0. The predicted octanol–water partition coefficient (Wildman–Crippen LogP) is 3.21. The molecule has 0 atom stereocenters. The van der Waals surface area contributed by atoms with E-state index in [9.17, 15) is 9.90 Å². The van der Waals surface area contributed by atoms with Gasteiger partial charge in [-0.15, -0.1) is 0 Å². The molecule has 20 heavy (non-hydrogen) atoms. The van der Waals surface area contributed by atoms with Crippen LogP contribution in [0.1, 0.15) is 15.9 Å². The van der Waals surface area contributed by atoms with Crippen LogP contribution in [0.25, 0.3) is 0 Å². The predicted molar refractivity (Wildman–Crippen MR) is 80.2 cm³/mol. The van der Waals surface area contributed by atoms with Crippen molar-refractivity contribution in [2.24, 2.45) is 0 Å². The van der Waals surface area contributed by atoms with E-state index >= 15 is 0 Å². The summed E-state index contributed by atoms with van der Waals surface area (Å²) in [6.45, 7) is 0.163. The lowest BCUT2D eigenvalue weighted by Crippen LogP contribution is -2.22. The first-order chi connectivity index (χ1) is 9.47. The Kier molecular flexibility index (Phi) is 4.37. The summed E-state index contributed by atoms with van der Waals surface area (Å²) in [4.78, 5) is 12.0. The first-order valence-electron chi connectivity index (χ1n) is 5.78. The van der Waals surface area contributed by atoms with Gasteiger partial charge in [-0.25, -0.2) is 0 Å². The van der Waals surface area contributed by atoms with Gasteiger partial charge in [-0.05, 0) is 36.4 Å². The second-order valence-corrected chi connectivity index (χ2v) is 5.01. The van der Waals surface area contributed by atoms with E-state index in [1.54, 1.807) is 24.3 Å². The third-order valence-electron chi connectivity index (χ3n) is 2.72. The standard InChI is InChI=1S/C14H12Cl2N2O2/c15-11-3-1-8(6-12(11)16)14(20)18-7-9-5-10(17)2-4-13(9)19/h1-6,19H,7,17H2,(H,18,20). The highest BCUT2D eigenvalue weighted by Crippen LogP contribution is 2.23. The van der Waals surface area contributed by atoms with Crippen molar-refractivity contribution in [3.63, 3.8) is 0 Å². The van der Waals surface area contributed by atoms with Crippen LogP contribution in [0.3, 0.4) is 0 Å². The monoisotopic (exact) mass is 310 g/mol. The summed E-state index contributed by atoms with van der Waals surface area (Å²) in [6, 6.07) is 9.28. The summed E-state index contributed by atoms with van der Waals surface area (Å²) >= 11 is 11.6. The van der Waals surface area contributed by atoms with Crippen molar-refractivity contribution in [1.82, 2.24) is 5.32 Å². The van der Waals surface area contributed by atoms with Gasteiger partial charge in [-0.3, -0.25) is 4.79 Å². The number of carbonyl (C=O) groups excluding carboxylic acids is 1. The molecule has 0 saturated heterocycles. The van der Waals surface area contributed by atoms with Gasteiger partial charge in [-0.1, -0.05) is 23.2 Å². The normalized spacial score (nSPS) is 10.3. The van der Waals surface area contributed by atoms with E-state index in [1.807, 2.05) is 0 Å². The SMILES string of the molecule is Nc1ccc(O)c(CNC(=O)c2ccc(Cl)c(Cl)c2)c1. The maximum Gasteiger partial charge on any atom is 0.251 e. The molecule has 0 aliphatic carbocycles. The van der Waals surface area contributed by atoms with Gasteiger partial charge in [0.1, 0.15) is 5.75 Å². The number of nitrogens with two attached hydrogens (primary N) is 1. The molecular weight excluding hydrogens is 299 g/mol. The van der Waals surface area contributed by atoms with E-state index in [0.29, 0.717) is 26.9 Å². The first kappa shape index (κ1) is 14.5.